The number of nitrogens with one attached hydrogen (secondary N) is 1. The van der Waals surface area contributed by atoms with Crippen molar-refractivity contribution in [3.8, 4) is 5.75 Å². The summed E-state index contributed by atoms with van der Waals surface area (Å²) in [5.74, 6) is 0.767. The van der Waals surface area contributed by atoms with Crippen LogP contribution >= 0.6 is 12.4 Å². The first kappa shape index (κ1) is 13.8. The van der Waals surface area contributed by atoms with Crippen molar-refractivity contribution in [2.24, 2.45) is 0 Å². The fraction of sp³-hybridized carbons (Fsp3) is 0.333. The van der Waals surface area contributed by atoms with E-state index in [9.17, 15) is 4.39 Å². The van der Waals surface area contributed by atoms with Gasteiger partial charge in [0.2, 0.25) is 11.7 Å². The second kappa shape index (κ2) is 5.99. The first-order valence-electron chi connectivity index (χ1n) is 5.76. The lowest BCUT2D eigenvalue weighted by Gasteiger charge is -2.23. The summed E-state index contributed by atoms with van der Waals surface area (Å²) >= 11 is 0. The molecule has 0 bridgehead atoms. The van der Waals surface area contributed by atoms with Crippen LogP contribution in [0.5, 0.6) is 5.75 Å². The molecule has 1 saturated heterocycles. The molecule has 1 aliphatic rings. The van der Waals surface area contributed by atoms with Crippen molar-refractivity contribution in [3.63, 3.8) is 0 Å². The summed E-state index contributed by atoms with van der Waals surface area (Å²) in [4.78, 5) is 4.19. The van der Waals surface area contributed by atoms with Crippen molar-refractivity contribution in [3.05, 3.63) is 41.8 Å². The molecular weight excluding hydrogens is 273 g/mol. The molecule has 0 amide bonds. The van der Waals surface area contributed by atoms with Crippen LogP contribution in [-0.4, -0.2) is 16.7 Å². The van der Waals surface area contributed by atoms with Crippen LogP contribution in [0.15, 0.2) is 28.8 Å². The number of halogens is 2. The highest BCUT2D eigenvalue weighted by molar-refractivity contribution is 5.85. The molecule has 5 nitrogen and oxygen atoms in total. The highest BCUT2D eigenvalue weighted by atomic mass is 35.5. The SMILES string of the molecule is Cl.Fc1ccccc1OCc1noc([C@H]2CCN2)n1. The summed E-state index contributed by atoms with van der Waals surface area (Å²) in [5, 5.41) is 6.95. The smallest absolute Gasteiger partial charge is 0.243 e. The Morgan fingerprint density at radius 1 is 1.42 bits per heavy atom. The van der Waals surface area contributed by atoms with Crippen LogP contribution in [0.4, 0.5) is 4.39 Å². The van der Waals surface area contributed by atoms with Crippen LogP contribution in [0.3, 0.4) is 0 Å². The number of hydrogen-bond donors (Lipinski definition) is 1. The fourth-order valence-electron chi connectivity index (χ4n) is 1.67. The second-order valence-electron chi connectivity index (χ2n) is 4.06. The molecule has 3 rings (SSSR count). The van der Waals surface area contributed by atoms with Crippen LogP contribution in [0.1, 0.15) is 24.2 Å². The number of para-hydroxylation sites is 1. The number of rotatable bonds is 4. The lowest BCUT2D eigenvalue weighted by Crippen LogP contribution is -2.35. The molecule has 1 fully saturated rings. The summed E-state index contributed by atoms with van der Waals surface area (Å²) in [5.41, 5.74) is 0. The first-order valence-corrected chi connectivity index (χ1v) is 5.76. The van der Waals surface area contributed by atoms with Crippen molar-refractivity contribution >= 4 is 12.4 Å². The van der Waals surface area contributed by atoms with Gasteiger partial charge in [-0.15, -0.1) is 12.4 Å². The van der Waals surface area contributed by atoms with Gasteiger partial charge in [0.05, 0.1) is 6.04 Å². The van der Waals surface area contributed by atoms with E-state index in [4.69, 9.17) is 9.26 Å². The molecule has 0 saturated carbocycles. The summed E-state index contributed by atoms with van der Waals surface area (Å²) in [7, 11) is 0. The molecule has 0 unspecified atom stereocenters. The van der Waals surface area contributed by atoms with Crippen LogP contribution in [-0.2, 0) is 6.61 Å². The Morgan fingerprint density at radius 3 is 2.89 bits per heavy atom. The van der Waals surface area contributed by atoms with E-state index in [0.717, 1.165) is 13.0 Å². The monoisotopic (exact) mass is 285 g/mol. The van der Waals surface area contributed by atoms with E-state index in [-0.39, 0.29) is 30.8 Å². The molecule has 2 heterocycles. The summed E-state index contributed by atoms with van der Waals surface area (Å²) in [6.45, 7) is 1.06. The van der Waals surface area contributed by atoms with Gasteiger partial charge < -0.3 is 14.6 Å². The van der Waals surface area contributed by atoms with E-state index in [1.165, 1.54) is 6.07 Å². The Hall–Kier alpha value is -1.66. The second-order valence-corrected chi connectivity index (χ2v) is 4.06. The number of benzene rings is 1. The first-order chi connectivity index (χ1) is 8.83. The minimum atomic E-state index is -0.401. The quantitative estimate of drug-likeness (QED) is 0.933. The minimum Gasteiger partial charge on any atom is -0.482 e. The molecule has 102 valence electrons. The molecule has 2 aromatic rings. The average molecular weight is 286 g/mol. The number of hydrogen-bond acceptors (Lipinski definition) is 5. The van der Waals surface area contributed by atoms with E-state index in [1.807, 2.05) is 0 Å². The minimum absolute atomic E-state index is 0. The van der Waals surface area contributed by atoms with Gasteiger partial charge in [0.15, 0.2) is 18.2 Å². The molecule has 1 aromatic heterocycles. The number of aromatic nitrogens is 2. The maximum atomic E-state index is 13.3. The lowest BCUT2D eigenvalue weighted by molar-refractivity contribution is 0.260. The van der Waals surface area contributed by atoms with Gasteiger partial charge in [0.25, 0.3) is 0 Å². The predicted molar refractivity (Wildman–Crippen MR) is 67.6 cm³/mol. The number of ether oxygens (including phenoxy) is 1. The van der Waals surface area contributed by atoms with E-state index in [0.29, 0.717) is 11.7 Å². The Bertz CT molecular complexity index is 545. The zero-order valence-electron chi connectivity index (χ0n) is 10.0. The molecule has 1 atom stereocenters. The highest BCUT2D eigenvalue weighted by Crippen LogP contribution is 2.21. The molecule has 7 heteroatoms. The Labute approximate surface area is 115 Å². The highest BCUT2D eigenvalue weighted by Gasteiger charge is 2.24. The van der Waals surface area contributed by atoms with Gasteiger partial charge in [-0.25, -0.2) is 4.39 Å². The van der Waals surface area contributed by atoms with Crippen molar-refractivity contribution in [1.29, 1.82) is 0 Å². The summed E-state index contributed by atoms with van der Waals surface area (Å²) in [6.07, 6.45) is 0.996. The van der Waals surface area contributed by atoms with Crippen molar-refractivity contribution < 1.29 is 13.7 Å². The van der Waals surface area contributed by atoms with E-state index in [1.54, 1.807) is 18.2 Å². The molecule has 1 aliphatic heterocycles. The van der Waals surface area contributed by atoms with Gasteiger partial charge in [0.1, 0.15) is 0 Å². The molecular formula is C12H13ClFN3O2. The largest absolute Gasteiger partial charge is 0.482 e. The van der Waals surface area contributed by atoms with Crippen LogP contribution < -0.4 is 10.1 Å². The third kappa shape index (κ3) is 3.02. The van der Waals surface area contributed by atoms with Gasteiger partial charge in [-0.3, -0.25) is 0 Å². The van der Waals surface area contributed by atoms with Crippen LogP contribution in [0, 0.1) is 5.82 Å². The maximum absolute atomic E-state index is 13.3. The standard InChI is InChI=1S/C12H12FN3O2.ClH/c13-8-3-1-2-4-10(8)17-7-11-15-12(18-16-11)9-5-6-14-9;/h1-4,9,14H,5-7H2;1H/t9-;/m1./s1. The zero-order valence-corrected chi connectivity index (χ0v) is 10.8. The third-order valence-corrected chi connectivity index (χ3v) is 2.80. The third-order valence-electron chi connectivity index (χ3n) is 2.80. The predicted octanol–water partition coefficient (Wildman–Crippen LogP) is 2.24. The molecule has 0 aliphatic carbocycles. The molecule has 0 radical (unpaired) electrons. The van der Waals surface area contributed by atoms with Crippen molar-refractivity contribution in [1.82, 2.24) is 15.5 Å². The molecule has 19 heavy (non-hydrogen) atoms. The lowest BCUT2D eigenvalue weighted by atomic mass is 10.1. The Morgan fingerprint density at radius 2 is 2.21 bits per heavy atom. The fourth-order valence-corrected chi connectivity index (χ4v) is 1.67. The number of nitrogens with zero attached hydrogens (tertiary/aromatic N) is 2. The van der Waals surface area contributed by atoms with Gasteiger partial charge >= 0.3 is 0 Å². The Kier molecular flexibility index (Phi) is 4.34. The van der Waals surface area contributed by atoms with E-state index < -0.39 is 5.82 Å². The van der Waals surface area contributed by atoms with E-state index >= 15 is 0 Å². The van der Waals surface area contributed by atoms with Crippen LogP contribution in [0.2, 0.25) is 0 Å². The van der Waals surface area contributed by atoms with Gasteiger partial charge in [-0.2, -0.15) is 4.98 Å². The Balaban J connectivity index is 0.00000133. The van der Waals surface area contributed by atoms with Gasteiger partial charge in [-0.1, -0.05) is 17.3 Å². The summed E-state index contributed by atoms with van der Waals surface area (Å²) in [6, 6.07) is 6.37. The van der Waals surface area contributed by atoms with Gasteiger partial charge in [-0.05, 0) is 25.1 Å². The maximum Gasteiger partial charge on any atom is 0.243 e. The van der Waals surface area contributed by atoms with Crippen molar-refractivity contribution in [2.75, 3.05) is 6.54 Å². The molecule has 1 aromatic carbocycles. The topological polar surface area (TPSA) is 60.2 Å². The summed E-state index contributed by atoms with van der Waals surface area (Å²) < 4.78 is 23.7. The normalized spacial score (nSPS) is 17.4. The van der Waals surface area contributed by atoms with Gasteiger partial charge in [0, 0.05) is 0 Å². The molecule has 0 spiro atoms. The average Bonchev–Trinajstić information content (AvgIpc) is 2.74. The van der Waals surface area contributed by atoms with E-state index in [2.05, 4.69) is 15.5 Å². The van der Waals surface area contributed by atoms with Crippen molar-refractivity contribution in [2.45, 2.75) is 19.1 Å². The zero-order chi connectivity index (χ0) is 12.4. The van der Waals surface area contributed by atoms with Crippen LogP contribution in [0.25, 0.3) is 0 Å². The molecule has 1 N–H and O–H groups in total.